The Balaban J connectivity index is 1.95. The highest BCUT2D eigenvalue weighted by Gasteiger charge is 2.26. The van der Waals surface area contributed by atoms with Gasteiger partial charge in [0.05, 0.1) is 11.5 Å². The van der Waals surface area contributed by atoms with Gasteiger partial charge in [-0.1, -0.05) is 25.3 Å². The van der Waals surface area contributed by atoms with E-state index >= 15 is 0 Å². The fourth-order valence-electron chi connectivity index (χ4n) is 3.63. The van der Waals surface area contributed by atoms with Crippen LogP contribution in [0.1, 0.15) is 69.2 Å². The van der Waals surface area contributed by atoms with Gasteiger partial charge in [-0.2, -0.15) is 0 Å². The largest absolute Gasteiger partial charge is 0.493 e. The van der Waals surface area contributed by atoms with Crippen LogP contribution in [-0.2, 0) is 14.3 Å². The molecule has 0 aliphatic heterocycles. The molecule has 0 bridgehead atoms. The molecule has 9 nitrogen and oxygen atoms in total. The van der Waals surface area contributed by atoms with Crippen LogP contribution in [-0.4, -0.2) is 46.9 Å². The lowest BCUT2D eigenvalue weighted by molar-refractivity contribution is -0.385. The van der Waals surface area contributed by atoms with Gasteiger partial charge in [0.1, 0.15) is 11.3 Å². The molecule has 1 saturated carbocycles. The van der Waals surface area contributed by atoms with Gasteiger partial charge in [-0.3, -0.25) is 24.5 Å². The smallest absolute Gasteiger partial charge is 0.304 e. The van der Waals surface area contributed by atoms with Gasteiger partial charge >= 0.3 is 5.97 Å². The third-order valence-electron chi connectivity index (χ3n) is 5.09. The number of rotatable bonds is 10. The van der Waals surface area contributed by atoms with E-state index in [1.165, 1.54) is 32.0 Å². The minimum Gasteiger partial charge on any atom is -0.493 e. The van der Waals surface area contributed by atoms with Crippen molar-refractivity contribution >= 4 is 23.3 Å². The highest BCUT2D eigenvalue weighted by atomic mass is 16.6. The average Bonchev–Trinajstić information content (AvgIpc) is 2.71. The zero-order chi connectivity index (χ0) is 22.1. The number of carbonyl (C=O) groups is 3. The first kappa shape index (κ1) is 23.3. The van der Waals surface area contributed by atoms with Crippen molar-refractivity contribution in [3.63, 3.8) is 0 Å². The van der Waals surface area contributed by atoms with Crippen LogP contribution >= 0.6 is 0 Å². The number of nitro benzene ring substituents is 1. The van der Waals surface area contributed by atoms with Crippen LogP contribution in [0.25, 0.3) is 0 Å². The summed E-state index contributed by atoms with van der Waals surface area (Å²) in [5.41, 5.74) is -0.381. The van der Waals surface area contributed by atoms with Crippen molar-refractivity contribution in [2.45, 2.75) is 64.8 Å². The van der Waals surface area contributed by atoms with Gasteiger partial charge in [0.2, 0.25) is 5.91 Å². The molecule has 1 aromatic carbocycles. The first-order valence-corrected chi connectivity index (χ1v) is 10.1. The molecule has 1 aliphatic carbocycles. The van der Waals surface area contributed by atoms with Gasteiger partial charge in [0, 0.05) is 25.5 Å². The fraction of sp³-hybridized carbons (Fsp3) is 0.571. The third kappa shape index (κ3) is 6.53. The summed E-state index contributed by atoms with van der Waals surface area (Å²) in [5, 5.41) is 11.1. The van der Waals surface area contributed by atoms with Crippen molar-refractivity contribution in [2.24, 2.45) is 0 Å². The summed E-state index contributed by atoms with van der Waals surface area (Å²) in [4.78, 5) is 47.9. The molecule has 1 aromatic rings. The van der Waals surface area contributed by atoms with Crippen molar-refractivity contribution in [2.75, 3.05) is 13.3 Å². The summed E-state index contributed by atoms with van der Waals surface area (Å²) in [7, 11) is 0. The van der Waals surface area contributed by atoms with Crippen molar-refractivity contribution in [1.29, 1.82) is 0 Å². The number of carbonyl (C=O) groups excluding carboxylic acids is 3. The Kier molecular flexibility index (Phi) is 8.76. The Hall–Kier alpha value is -2.97. The van der Waals surface area contributed by atoms with Gasteiger partial charge in [-0.25, -0.2) is 0 Å². The van der Waals surface area contributed by atoms with Gasteiger partial charge in [0.25, 0.3) is 5.69 Å². The highest BCUT2D eigenvalue weighted by Crippen LogP contribution is 2.29. The Morgan fingerprint density at radius 3 is 2.47 bits per heavy atom. The number of amides is 1. The molecule has 0 unspecified atom stereocenters. The SMILES string of the molecule is CC(=O)OCN(C(=O)CCCOc1cccc([N+](=O)[O-])c1C(C)=O)C1CCCCC1. The molecule has 1 aliphatic rings. The van der Waals surface area contributed by atoms with Crippen molar-refractivity contribution in [1.82, 2.24) is 4.90 Å². The van der Waals surface area contributed by atoms with Crippen LogP contribution in [0.5, 0.6) is 5.75 Å². The van der Waals surface area contributed by atoms with Crippen LogP contribution in [0, 0.1) is 10.1 Å². The van der Waals surface area contributed by atoms with Gasteiger partial charge < -0.3 is 14.4 Å². The van der Waals surface area contributed by atoms with Crippen molar-refractivity contribution < 1.29 is 28.8 Å². The molecule has 0 spiro atoms. The quantitative estimate of drug-likeness (QED) is 0.142. The van der Waals surface area contributed by atoms with E-state index in [1.807, 2.05) is 0 Å². The molecule has 0 N–H and O–H groups in total. The summed E-state index contributed by atoms with van der Waals surface area (Å²) >= 11 is 0. The Labute approximate surface area is 175 Å². The van der Waals surface area contributed by atoms with E-state index in [4.69, 9.17) is 9.47 Å². The number of ketones is 1. The highest BCUT2D eigenvalue weighted by molar-refractivity contribution is 6.00. The maximum Gasteiger partial charge on any atom is 0.304 e. The molecular formula is C21H28N2O7. The molecule has 9 heteroatoms. The molecule has 164 valence electrons. The van der Waals surface area contributed by atoms with Crippen molar-refractivity contribution in [3.8, 4) is 5.75 Å². The lowest BCUT2D eigenvalue weighted by Gasteiger charge is -2.33. The monoisotopic (exact) mass is 420 g/mol. The summed E-state index contributed by atoms with van der Waals surface area (Å²) < 4.78 is 10.6. The maximum absolute atomic E-state index is 12.7. The summed E-state index contributed by atoms with van der Waals surface area (Å²) in [6, 6.07) is 4.27. The van der Waals surface area contributed by atoms with E-state index < -0.39 is 16.7 Å². The second kappa shape index (κ2) is 11.3. The lowest BCUT2D eigenvalue weighted by atomic mass is 9.94. The van der Waals surface area contributed by atoms with Gasteiger partial charge in [-0.05, 0) is 32.3 Å². The summed E-state index contributed by atoms with van der Waals surface area (Å²) in [5.74, 6) is -0.890. The van der Waals surface area contributed by atoms with E-state index in [1.54, 1.807) is 4.90 Å². The van der Waals surface area contributed by atoms with Crippen LogP contribution in [0.4, 0.5) is 5.69 Å². The normalized spacial score (nSPS) is 14.1. The van der Waals surface area contributed by atoms with Gasteiger partial charge in [0.15, 0.2) is 12.5 Å². The molecule has 0 radical (unpaired) electrons. The number of hydrogen-bond donors (Lipinski definition) is 0. The lowest BCUT2D eigenvalue weighted by Crippen LogP contribution is -2.43. The zero-order valence-electron chi connectivity index (χ0n) is 17.4. The van der Waals surface area contributed by atoms with Crippen LogP contribution in [0.2, 0.25) is 0 Å². The number of nitrogens with zero attached hydrogens (tertiary/aromatic N) is 2. The van der Waals surface area contributed by atoms with E-state index in [9.17, 15) is 24.5 Å². The van der Waals surface area contributed by atoms with Crippen LogP contribution in [0.3, 0.4) is 0 Å². The molecule has 1 fully saturated rings. The van der Waals surface area contributed by atoms with E-state index in [2.05, 4.69) is 0 Å². The molecule has 1 amide bonds. The minimum atomic E-state index is -0.621. The van der Waals surface area contributed by atoms with E-state index in [0.29, 0.717) is 6.42 Å². The van der Waals surface area contributed by atoms with E-state index in [-0.39, 0.29) is 48.7 Å². The number of ether oxygens (including phenoxy) is 2. The maximum atomic E-state index is 12.7. The van der Waals surface area contributed by atoms with E-state index in [0.717, 1.165) is 32.1 Å². The summed E-state index contributed by atoms with van der Waals surface area (Å²) in [6.45, 7) is 2.62. The Morgan fingerprint density at radius 1 is 1.17 bits per heavy atom. The fourth-order valence-corrected chi connectivity index (χ4v) is 3.63. The molecule has 30 heavy (non-hydrogen) atoms. The van der Waals surface area contributed by atoms with Crippen LogP contribution in [0.15, 0.2) is 18.2 Å². The summed E-state index contributed by atoms with van der Waals surface area (Å²) in [6.07, 6.45) is 5.54. The predicted octanol–water partition coefficient (Wildman–Crippen LogP) is 3.64. The number of hydrogen-bond acceptors (Lipinski definition) is 7. The van der Waals surface area contributed by atoms with Crippen molar-refractivity contribution in [3.05, 3.63) is 33.9 Å². The third-order valence-corrected chi connectivity index (χ3v) is 5.09. The molecule has 0 heterocycles. The minimum absolute atomic E-state index is 0.0565. The molecule has 0 atom stereocenters. The molecular weight excluding hydrogens is 392 g/mol. The van der Waals surface area contributed by atoms with Gasteiger partial charge in [-0.15, -0.1) is 0 Å². The second-order valence-corrected chi connectivity index (χ2v) is 7.34. The number of Topliss-reactive ketones (excluding diaryl/α,β-unsaturated/α-hetero) is 1. The number of benzene rings is 1. The Morgan fingerprint density at radius 2 is 1.87 bits per heavy atom. The first-order chi connectivity index (χ1) is 14.3. The number of esters is 1. The molecule has 0 aromatic heterocycles. The Bertz CT molecular complexity index is 788. The average molecular weight is 420 g/mol. The number of nitro groups is 1. The van der Waals surface area contributed by atoms with Crippen LogP contribution < -0.4 is 4.74 Å². The molecule has 2 rings (SSSR count). The topological polar surface area (TPSA) is 116 Å². The zero-order valence-corrected chi connectivity index (χ0v) is 17.4. The standard InChI is InChI=1S/C21H28N2O7/c1-15(24)21-18(23(27)28)10-6-11-19(21)29-13-7-12-20(26)22(14-30-16(2)25)17-8-4-3-5-9-17/h6,10-11,17H,3-5,7-9,12-14H2,1-2H3. The molecule has 0 saturated heterocycles. The predicted molar refractivity (Wildman–Crippen MR) is 108 cm³/mol. The second-order valence-electron chi connectivity index (χ2n) is 7.34. The first-order valence-electron chi connectivity index (χ1n) is 10.1.